The molecular weight excluding hydrogens is 262 g/mol. The normalized spacial score (nSPS) is 18.4. The molecule has 0 fully saturated rings. The summed E-state index contributed by atoms with van der Waals surface area (Å²) in [4.78, 5) is 3.29. The van der Waals surface area contributed by atoms with E-state index in [1.54, 1.807) is 15.3 Å². The second-order valence-corrected chi connectivity index (χ2v) is 7.52. The average Bonchev–Trinajstić information content (AvgIpc) is 2.70. The van der Waals surface area contributed by atoms with Crippen molar-refractivity contribution < 1.29 is 0 Å². The first kappa shape index (κ1) is 16.0. The van der Waals surface area contributed by atoms with Crippen molar-refractivity contribution in [2.45, 2.75) is 78.2 Å². The molecule has 0 amide bonds. The molecule has 1 aliphatic rings. The van der Waals surface area contributed by atoms with E-state index >= 15 is 0 Å². The summed E-state index contributed by atoms with van der Waals surface area (Å²) in [5, 5.41) is 3.81. The van der Waals surface area contributed by atoms with Crippen molar-refractivity contribution in [3.8, 4) is 0 Å². The minimum Gasteiger partial charge on any atom is -0.309 e. The van der Waals surface area contributed by atoms with Crippen molar-refractivity contribution in [3.05, 3.63) is 21.4 Å². The Labute approximate surface area is 129 Å². The maximum Gasteiger partial charge on any atom is 0.0440 e. The van der Waals surface area contributed by atoms with Gasteiger partial charge in [-0.15, -0.1) is 11.3 Å². The number of thiophene rings is 1. The minimum atomic E-state index is 0.576. The van der Waals surface area contributed by atoms with E-state index in [-0.39, 0.29) is 0 Å². The van der Waals surface area contributed by atoms with Gasteiger partial charge in [0, 0.05) is 15.8 Å². The Kier molecular flexibility index (Phi) is 6.57. The average molecular weight is 294 g/mol. The molecule has 20 heavy (non-hydrogen) atoms. The van der Waals surface area contributed by atoms with Gasteiger partial charge in [-0.05, 0) is 62.6 Å². The third kappa shape index (κ3) is 4.08. The summed E-state index contributed by atoms with van der Waals surface area (Å²) in [5.74, 6) is 0.744. The molecule has 2 rings (SSSR count). The van der Waals surface area contributed by atoms with E-state index in [0.717, 1.165) is 12.5 Å². The Morgan fingerprint density at radius 3 is 2.70 bits per heavy atom. The van der Waals surface area contributed by atoms with Crippen LogP contribution in [0.3, 0.4) is 0 Å². The fourth-order valence-electron chi connectivity index (χ4n) is 3.35. The van der Waals surface area contributed by atoms with E-state index in [4.69, 9.17) is 0 Å². The molecule has 0 bridgehead atoms. The van der Waals surface area contributed by atoms with Crippen LogP contribution in [-0.4, -0.2) is 6.54 Å². The molecule has 114 valence electrons. The zero-order chi connectivity index (χ0) is 14.4. The van der Waals surface area contributed by atoms with Crippen molar-refractivity contribution in [2.75, 3.05) is 6.54 Å². The molecule has 0 saturated carbocycles. The Morgan fingerprint density at radius 2 is 1.95 bits per heavy atom. The van der Waals surface area contributed by atoms with Gasteiger partial charge in [-0.3, -0.25) is 0 Å². The highest BCUT2D eigenvalue weighted by Gasteiger charge is 2.22. The zero-order valence-electron chi connectivity index (χ0n) is 13.5. The third-order valence-electron chi connectivity index (χ3n) is 4.50. The molecule has 1 N–H and O–H groups in total. The van der Waals surface area contributed by atoms with E-state index in [0.29, 0.717) is 6.04 Å². The number of rotatable bonds is 7. The maximum absolute atomic E-state index is 3.81. The number of aryl methyl sites for hydroxylation is 2. The maximum atomic E-state index is 3.81. The summed E-state index contributed by atoms with van der Waals surface area (Å²) in [7, 11) is 0. The van der Waals surface area contributed by atoms with Crippen molar-refractivity contribution >= 4 is 11.3 Å². The second-order valence-electron chi connectivity index (χ2n) is 6.36. The highest BCUT2D eigenvalue weighted by Crippen LogP contribution is 2.36. The number of hydrogen-bond acceptors (Lipinski definition) is 2. The van der Waals surface area contributed by atoms with E-state index < -0.39 is 0 Å². The lowest BCUT2D eigenvalue weighted by molar-refractivity contribution is 0.368. The standard InChI is InChI=1S/C18H31NS/c1-4-9-14(3)18(19-12-5-2)17-13-15-10-7-6-8-11-16(15)20-17/h13-14,18-19H,4-12H2,1-3H3. The highest BCUT2D eigenvalue weighted by molar-refractivity contribution is 7.12. The largest absolute Gasteiger partial charge is 0.309 e. The number of nitrogens with one attached hydrogen (secondary N) is 1. The summed E-state index contributed by atoms with van der Waals surface area (Å²) in [5.41, 5.74) is 1.66. The summed E-state index contributed by atoms with van der Waals surface area (Å²) in [6, 6.07) is 3.11. The lowest BCUT2D eigenvalue weighted by Gasteiger charge is -2.24. The van der Waals surface area contributed by atoms with Crippen molar-refractivity contribution in [1.82, 2.24) is 5.32 Å². The summed E-state index contributed by atoms with van der Waals surface area (Å²) >= 11 is 2.10. The molecule has 1 aliphatic carbocycles. The van der Waals surface area contributed by atoms with Crippen LogP contribution in [-0.2, 0) is 12.8 Å². The number of hydrogen-bond donors (Lipinski definition) is 1. The molecule has 1 aromatic heterocycles. The molecule has 2 unspecified atom stereocenters. The highest BCUT2D eigenvalue weighted by atomic mass is 32.1. The van der Waals surface area contributed by atoms with Crippen LogP contribution in [0.4, 0.5) is 0 Å². The monoisotopic (exact) mass is 293 g/mol. The van der Waals surface area contributed by atoms with E-state index in [1.807, 2.05) is 0 Å². The fourth-order valence-corrected chi connectivity index (χ4v) is 4.81. The van der Waals surface area contributed by atoms with Crippen LogP contribution in [0.1, 0.15) is 80.7 Å². The zero-order valence-corrected chi connectivity index (χ0v) is 14.3. The first-order chi connectivity index (χ1) is 9.76. The van der Waals surface area contributed by atoms with Gasteiger partial charge in [-0.1, -0.05) is 33.6 Å². The van der Waals surface area contributed by atoms with Gasteiger partial charge < -0.3 is 5.32 Å². The molecule has 0 aromatic carbocycles. The molecule has 2 atom stereocenters. The van der Waals surface area contributed by atoms with Crippen molar-refractivity contribution in [3.63, 3.8) is 0 Å². The topological polar surface area (TPSA) is 12.0 Å². The van der Waals surface area contributed by atoms with Crippen LogP contribution in [0.25, 0.3) is 0 Å². The van der Waals surface area contributed by atoms with Gasteiger partial charge in [0.25, 0.3) is 0 Å². The van der Waals surface area contributed by atoms with E-state index in [2.05, 4.69) is 43.5 Å². The van der Waals surface area contributed by atoms with Gasteiger partial charge in [-0.25, -0.2) is 0 Å². The lowest BCUT2D eigenvalue weighted by atomic mass is 9.95. The van der Waals surface area contributed by atoms with Crippen LogP contribution >= 0.6 is 11.3 Å². The Hall–Kier alpha value is -0.340. The molecule has 0 radical (unpaired) electrons. The van der Waals surface area contributed by atoms with Gasteiger partial charge in [-0.2, -0.15) is 0 Å². The summed E-state index contributed by atoms with van der Waals surface area (Å²) < 4.78 is 0. The predicted molar refractivity (Wildman–Crippen MR) is 90.7 cm³/mol. The quantitative estimate of drug-likeness (QED) is 0.655. The van der Waals surface area contributed by atoms with Crippen molar-refractivity contribution in [1.29, 1.82) is 0 Å². The second kappa shape index (κ2) is 8.19. The van der Waals surface area contributed by atoms with Gasteiger partial charge in [0.15, 0.2) is 0 Å². The van der Waals surface area contributed by atoms with Crippen LogP contribution in [0.2, 0.25) is 0 Å². The molecular formula is C18H31NS. The molecule has 2 heteroatoms. The molecule has 0 aliphatic heterocycles. The van der Waals surface area contributed by atoms with Gasteiger partial charge in [0.2, 0.25) is 0 Å². The van der Waals surface area contributed by atoms with Crippen LogP contribution in [0.15, 0.2) is 6.07 Å². The molecule has 0 saturated heterocycles. The predicted octanol–water partition coefficient (Wildman–Crippen LogP) is 5.49. The SMILES string of the molecule is CCCNC(c1cc2c(s1)CCCCC2)C(C)CCC. The van der Waals surface area contributed by atoms with Crippen LogP contribution in [0.5, 0.6) is 0 Å². The van der Waals surface area contributed by atoms with Crippen LogP contribution in [0, 0.1) is 5.92 Å². The van der Waals surface area contributed by atoms with Crippen molar-refractivity contribution in [2.24, 2.45) is 5.92 Å². The lowest BCUT2D eigenvalue weighted by Crippen LogP contribution is -2.27. The third-order valence-corrected chi connectivity index (χ3v) is 5.82. The molecule has 1 heterocycles. The summed E-state index contributed by atoms with van der Waals surface area (Å²) in [6.45, 7) is 8.12. The molecule has 1 nitrogen and oxygen atoms in total. The van der Waals surface area contributed by atoms with E-state index in [9.17, 15) is 0 Å². The first-order valence-corrected chi connectivity index (χ1v) is 9.42. The van der Waals surface area contributed by atoms with Gasteiger partial charge >= 0.3 is 0 Å². The Balaban J connectivity index is 2.15. The Morgan fingerprint density at radius 1 is 1.15 bits per heavy atom. The first-order valence-electron chi connectivity index (χ1n) is 8.61. The Bertz CT molecular complexity index is 373. The fraction of sp³-hybridized carbons (Fsp3) is 0.778. The molecule has 0 spiro atoms. The van der Waals surface area contributed by atoms with Crippen LogP contribution < -0.4 is 5.32 Å². The minimum absolute atomic E-state index is 0.576. The number of fused-ring (bicyclic) bond motifs is 1. The van der Waals surface area contributed by atoms with E-state index in [1.165, 1.54) is 51.4 Å². The molecule has 1 aromatic rings. The van der Waals surface area contributed by atoms with Gasteiger partial charge in [0.05, 0.1) is 0 Å². The smallest absolute Gasteiger partial charge is 0.0440 e. The van der Waals surface area contributed by atoms with Gasteiger partial charge in [0.1, 0.15) is 0 Å². The summed E-state index contributed by atoms with van der Waals surface area (Å²) in [6.07, 6.45) is 10.7.